The lowest BCUT2D eigenvalue weighted by atomic mass is 9.98. The van der Waals surface area contributed by atoms with Crippen LogP contribution in [-0.2, 0) is 44.7 Å². The fourth-order valence-corrected chi connectivity index (χ4v) is 9.09. The van der Waals surface area contributed by atoms with Gasteiger partial charge < -0.3 is 40.7 Å². The number of benzene rings is 1. The van der Waals surface area contributed by atoms with Gasteiger partial charge in [0, 0.05) is 57.2 Å². The Bertz CT molecular complexity index is 1940. The molecular weight excluding hydrogens is 899 g/mol. The van der Waals surface area contributed by atoms with E-state index in [1.807, 2.05) is 20.8 Å². The van der Waals surface area contributed by atoms with Crippen LogP contribution in [0.4, 0.5) is 0 Å². The molecule has 4 N–H and O–H groups in total. The molecule has 372 valence electrons. The summed E-state index contributed by atoms with van der Waals surface area (Å²) < 4.78 is 5.49. The van der Waals surface area contributed by atoms with E-state index in [0.717, 1.165) is 26.1 Å². The maximum Gasteiger partial charge on any atom is 0.245 e. The summed E-state index contributed by atoms with van der Waals surface area (Å²) in [4.78, 5) is 106. The molecular formula is C49H74Cl2N8O8. The largest absolute Gasteiger partial charge is 0.379 e. The molecule has 1 aromatic carbocycles. The first-order valence-electron chi connectivity index (χ1n) is 24.1. The van der Waals surface area contributed by atoms with Crippen molar-refractivity contribution in [1.29, 1.82) is 0 Å². The lowest BCUT2D eigenvalue weighted by Gasteiger charge is -2.35. The van der Waals surface area contributed by atoms with E-state index in [1.54, 1.807) is 37.1 Å². The van der Waals surface area contributed by atoms with Crippen LogP contribution in [0.2, 0.25) is 10.0 Å². The van der Waals surface area contributed by atoms with E-state index in [-0.39, 0.29) is 43.9 Å². The zero-order valence-electron chi connectivity index (χ0n) is 40.6. The Hall–Kier alpha value is -4.43. The summed E-state index contributed by atoms with van der Waals surface area (Å²) in [6.07, 6.45) is 10.8. The second-order valence-electron chi connectivity index (χ2n) is 18.8. The highest BCUT2D eigenvalue weighted by atomic mass is 35.5. The monoisotopic (exact) mass is 973 g/mol. The van der Waals surface area contributed by atoms with Crippen LogP contribution in [0, 0.1) is 23.7 Å². The van der Waals surface area contributed by atoms with Gasteiger partial charge in [-0.2, -0.15) is 0 Å². The van der Waals surface area contributed by atoms with Crippen LogP contribution in [0.1, 0.15) is 110 Å². The lowest BCUT2D eigenvalue weighted by molar-refractivity contribution is -0.146. The zero-order chi connectivity index (χ0) is 49.4. The molecule has 2 heterocycles. The van der Waals surface area contributed by atoms with Gasteiger partial charge in [0.2, 0.25) is 41.4 Å². The van der Waals surface area contributed by atoms with E-state index >= 15 is 0 Å². The van der Waals surface area contributed by atoms with Gasteiger partial charge in [0.15, 0.2) is 0 Å². The van der Waals surface area contributed by atoms with Crippen molar-refractivity contribution in [1.82, 2.24) is 40.9 Å². The van der Waals surface area contributed by atoms with E-state index in [9.17, 15) is 33.6 Å². The van der Waals surface area contributed by atoms with Crippen molar-refractivity contribution in [2.24, 2.45) is 11.3 Å². The summed E-state index contributed by atoms with van der Waals surface area (Å²) in [5.41, 5.74) is -0.418. The summed E-state index contributed by atoms with van der Waals surface area (Å²) >= 11 is 13.0. The highest BCUT2D eigenvalue weighted by Gasteiger charge is 2.49. The SMILES string of the molecule is C#CC1(C(=O)N[C@@H](CC)C(=O)N[C@@H](CCCCN2CCOCC2)C(=O)N(C)[C@H]2CCCCN(C)C(=O)[C@@H](CCC)NC(=O)[C@H](Cc3cc(Cl)ccc3Cl)N(C)C(=O)[C@H](CC(C)C)NC2=O)CC1. The Balaban J connectivity index is 1.68. The number of unbranched alkanes of at least 4 members (excludes halogenated alkanes) is 1. The van der Waals surface area contributed by atoms with Gasteiger partial charge in [-0.3, -0.25) is 38.5 Å². The Morgan fingerprint density at radius 2 is 1.63 bits per heavy atom. The van der Waals surface area contributed by atoms with E-state index in [2.05, 4.69) is 32.1 Å². The minimum atomic E-state index is -1.16. The first kappa shape index (κ1) is 55.2. The second-order valence-corrected chi connectivity index (χ2v) is 19.7. The van der Waals surface area contributed by atoms with Crippen molar-refractivity contribution in [3.8, 4) is 12.3 Å². The summed E-state index contributed by atoms with van der Waals surface area (Å²) in [6, 6.07) is -1.38. The highest BCUT2D eigenvalue weighted by Crippen LogP contribution is 2.45. The molecule has 3 aliphatic rings. The molecule has 0 aromatic heterocycles. The number of hydrogen-bond donors (Lipinski definition) is 4. The Labute approximate surface area is 407 Å². The number of nitrogens with one attached hydrogen (secondary N) is 4. The molecule has 2 saturated heterocycles. The van der Waals surface area contributed by atoms with Gasteiger partial charge in [-0.25, -0.2) is 0 Å². The number of carbonyl (C=O) groups is 7. The topological polar surface area (TPSA) is 190 Å². The van der Waals surface area contributed by atoms with Crippen molar-refractivity contribution in [2.45, 2.75) is 147 Å². The average molecular weight is 974 g/mol. The van der Waals surface area contributed by atoms with Crippen LogP contribution in [0.5, 0.6) is 0 Å². The van der Waals surface area contributed by atoms with Crippen molar-refractivity contribution >= 4 is 64.6 Å². The number of carbonyl (C=O) groups excluding carboxylic acids is 7. The fraction of sp³-hybridized carbons (Fsp3) is 0.694. The van der Waals surface area contributed by atoms with E-state index < -0.39 is 77.1 Å². The molecule has 18 heteroatoms. The molecule has 0 spiro atoms. The summed E-state index contributed by atoms with van der Waals surface area (Å²) in [5.74, 6) is -0.958. The second kappa shape index (κ2) is 26.4. The Morgan fingerprint density at radius 1 is 0.940 bits per heavy atom. The average Bonchev–Trinajstić information content (AvgIpc) is 4.11. The van der Waals surface area contributed by atoms with Gasteiger partial charge in [0.1, 0.15) is 41.7 Å². The number of rotatable bonds is 18. The number of halogens is 2. The minimum Gasteiger partial charge on any atom is -0.379 e. The molecule has 0 unspecified atom stereocenters. The normalized spacial score (nSPS) is 23.1. The van der Waals surface area contributed by atoms with Gasteiger partial charge >= 0.3 is 0 Å². The third kappa shape index (κ3) is 15.8. The molecule has 3 fully saturated rings. The third-order valence-electron chi connectivity index (χ3n) is 13.2. The van der Waals surface area contributed by atoms with Crippen molar-refractivity contribution < 1.29 is 38.3 Å². The summed E-state index contributed by atoms with van der Waals surface area (Å²) in [7, 11) is 4.66. The molecule has 4 rings (SSSR count). The first-order valence-corrected chi connectivity index (χ1v) is 24.8. The van der Waals surface area contributed by atoms with E-state index in [0.29, 0.717) is 80.3 Å². The maximum absolute atomic E-state index is 14.8. The van der Waals surface area contributed by atoms with Gasteiger partial charge in [0.05, 0.1) is 13.2 Å². The van der Waals surface area contributed by atoms with Gasteiger partial charge in [-0.15, -0.1) is 6.42 Å². The number of morpholine rings is 1. The molecule has 0 bridgehead atoms. The molecule has 0 radical (unpaired) electrons. The van der Waals surface area contributed by atoms with Gasteiger partial charge in [0.25, 0.3) is 0 Å². The smallest absolute Gasteiger partial charge is 0.245 e. The van der Waals surface area contributed by atoms with Crippen LogP contribution in [0.15, 0.2) is 18.2 Å². The number of likely N-dealkylation sites (N-methyl/N-ethyl adjacent to an activating group) is 3. The Morgan fingerprint density at radius 3 is 2.25 bits per heavy atom. The summed E-state index contributed by atoms with van der Waals surface area (Å²) in [6.45, 7) is 11.5. The Kier molecular flexibility index (Phi) is 21.7. The maximum atomic E-state index is 14.8. The molecule has 16 nitrogen and oxygen atoms in total. The van der Waals surface area contributed by atoms with Gasteiger partial charge in [-0.05, 0) is 107 Å². The van der Waals surface area contributed by atoms with Gasteiger partial charge in [-0.1, -0.05) is 63.2 Å². The predicted molar refractivity (Wildman–Crippen MR) is 259 cm³/mol. The van der Waals surface area contributed by atoms with Crippen LogP contribution in [0.25, 0.3) is 0 Å². The minimum absolute atomic E-state index is 0.0363. The lowest BCUT2D eigenvalue weighted by Crippen LogP contribution is -2.60. The molecule has 1 aliphatic carbocycles. The highest BCUT2D eigenvalue weighted by molar-refractivity contribution is 6.33. The number of nitrogens with zero attached hydrogens (tertiary/aromatic N) is 4. The number of amides is 7. The molecule has 1 aromatic rings. The summed E-state index contributed by atoms with van der Waals surface area (Å²) in [5, 5.41) is 12.3. The number of terminal acetylenes is 1. The van der Waals surface area contributed by atoms with Crippen molar-refractivity contribution in [2.75, 3.05) is 60.5 Å². The van der Waals surface area contributed by atoms with Crippen LogP contribution in [0.3, 0.4) is 0 Å². The molecule has 6 atom stereocenters. The van der Waals surface area contributed by atoms with Crippen molar-refractivity contribution in [3.05, 3.63) is 33.8 Å². The fourth-order valence-electron chi connectivity index (χ4n) is 8.70. The number of ether oxygens (including phenoxy) is 1. The standard InChI is InChI=1S/C49H74Cl2N8O8/c1-9-16-37-45(63)56(6)23-14-13-18-40(43(61)54-39(29-32(4)5)47(65)58(8)41(44(62)53-37)31-33-30-34(50)19-20-35(33)51)57(7)46(64)38(17-12-15-24-59-25-27-67-28-26-59)52-42(60)36(10-2)55-48(66)49(11-3)21-22-49/h3,19-20,30,32,36-41H,9-10,12-18,21-29,31H2,1-2,4-8H3,(H,52,60)(H,53,62)(H,54,61)(H,55,66)/t36-,37+,38-,39-,40-,41-/m0/s1. The third-order valence-corrected chi connectivity index (χ3v) is 13.8. The van der Waals surface area contributed by atoms with E-state index in [1.165, 1.54) is 23.9 Å². The first-order chi connectivity index (χ1) is 31.9. The van der Waals surface area contributed by atoms with Crippen LogP contribution >= 0.6 is 23.2 Å². The quantitative estimate of drug-likeness (QED) is 0.125. The number of hydrogen-bond acceptors (Lipinski definition) is 9. The van der Waals surface area contributed by atoms with Crippen molar-refractivity contribution in [3.63, 3.8) is 0 Å². The zero-order valence-corrected chi connectivity index (χ0v) is 42.1. The predicted octanol–water partition coefficient (Wildman–Crippen LogP) is 3.94. The van der Waals surface area contributed by atoms with E-state index in [4.69, 9.17) is 34.4 Å². The molecule has 67 heavy (non-hydrogen) atoms. The molecule has 7 amide bonds. The van der Waals surface area contributed by atoms with Crippen LogP contribution < -0.4 is 21.3 Å². The molecule has 2 aliphatic heterocycles. The van der Waals surface area contributed by atoms with Crippen LogP contribution in [-0.4, -0.2) is 158 Å². The molecule has 1 saturated carbocycles.